The van der Waals surface area contributed by atoms with Gasteiger partial charge in [-0.1, -0.05) is 26.2 Å². The van der Waals surface area contributed by atoms with Gasteiger partial charge in [0.2, 0.25) is 0 Å². The van der Waals surface area contributed by atoms with E-state index in [0.29, 0.717) is 5.82 Å². The summed E-state index contributed by atoms with van der Waals surface area (Å²) in [6, 6.07) is 0. The lowest BCUT2D eigenvalue weighted by molar-refractivity contribution is 0.552. The van der Waals surface area contributed by atoms with E-state index in [2.05, 4.69) is 21.8 Å². The van der Waals surface area contributed by atoms with Crippen LogP contribution in [0.1, 0.15) is 50.4 Å². The zero-order chi connectivity index (χ0) is 13.0. The zero-order valence-electron chi connectivity index (χ0n) is 11.6. The lowest BCUT2D eigenvalue weighted by Crippen LogP contribution is -2.29. The van der Waals surface area contributed by atoms with Crippen LogP contribution in [0.3, 0.4) is 0 Å². The van der Waals surface area contributed by atoms with E-state index in [1.807, 2.05) is 6.92 Å². The Kier molecular flexibility index (Phi) is 4.39. The van der Waals surface area contributed by atoms with Gasteiger partial charge in [-0.25, -0.2) is 9.97 Å². The van der Waals surface area contributed by atoms with Crippen molar-refractivity contribution in [3.05, 3.63) is 11.4 Å². The van der Waals surface area contributed by atoms with Gasteiger partial charge in [-0.15, -0.1) is 0 Å². The van der Waals surface area contributed by atoms with Crippen LogP contribution in [0.4, 0.5) is 11.6 Å². The highest BCUT2D eigenvalue weighted by Gasteiger charge is 2.15. The summed E-state index contributed by atoms with van der Waals surface area (Å²) >= 11 is 0. The standard InChI is InChI=1S/C14H24N4/c1-3-12-16-13(15)11(2)14(17-12)18-9-7-5-4-6-8-10-18/h3-10H2,1-2H3,(H2,15,16,17). The summed E-state index contributed by atoms with van der Waals surface area (Å²) in [6.45, 7) is 6.30. The predicted molar refractivity (Wildman–Crippen MR) is 75.9 cm³/mol. The number of nitrogens with zero attached hydrogens (tertiary/aromatic N) is 3. The Labute approximate surface area is 110 Å². The van der Waals surface area contributed by atoms with E-state index in [-0.39, 0.29) is 0 Å². The fraction of sp³-hybridized carbons (Fsp3) is 0.714. The first-order valence-corrected chi connectivity index (χ1v) is 7.10. The van der Waals surface area contributed by atoms with Gasteiger partial charge in [0.25, 0.3) is 0 Å². The molecule has 0 aromatic carbocycles. The molecule has 1 saturated heterocycles. The molecule has 0 bridgehead atoms. The molecule has 0 unspecified atom stereocenters. The first-order chi connectivity index (χ1) is 8.72. The average molecular weight is 248 g/mol. The summed E-state index contributed by atoms with van der Waals surface area (Å²) in [6.07, 6.45) is 7.38. The van der Waals surface area contributed by atoms with Crippen LogP contribution in [0.15, 0.2) is 0 Å². The molecule has 1 aromatic rings. The summed E-state index contributed by atoms with van der Waals surface area (Å²) in [5.41, 5.74) is 7.03. The molecule has 0 atom stereocenters. The third kappa shape index (κ3) is 2.92. The second-order valence-corrected chi connectivity index (χ2v) is 5.08. The fourth-order valence-electron chi connectivity index (χ4n) is 2.49. The Balaban J connectivity index is 2.26. The maximum atomic E-state index is 6.00. The van der Waals surface area contributed by atoms with Crippen LogP contribution in [0.2, 0.25) is 0 Å². The van der Waals surface area contributed by atoms with Crippen molar-refractivity contribution < 1.29 is 0 Å². The molecule has 1 aromatic heterocycles. The van der Waals surface area contributed by atoms with Crippen LogP contribution < -0.4 is 10.6 Å². The van der Waals surface area contributed by atoms with Crippen molar-refractivity contribution >= 4 is 11.6 Å². The van der Waals surface area contributed by atoms with E-state index < -0.39 is 0 Å². The maximum Gasteiger partial charge on any atom is 0.137 e. The highest BCUT2D eigenvalue weighted by Crippen LogP contribution is 2.24. The summed E-state index contributed by atoms with van der Waals surface area (Å²) in [7, 11) is 0. The molecule has 0 spiro atoms. The highest BCUT2D eigenvalue weighted by atomic mass is 15.2. The van der Waals surface area contributed by atoms with E-state index in [0.717, 1.165) is 36.7 Å². The first kappa shape index (κ1) is 13.1. The topological polar surface area (TPSA) is 55.0 Å². The Morgan fingerprint density at radius 2 is 1.67 bits per heavy atom. The lowest BCUT2D eigenvalue weighted by Gasteiger charge is -2.27. The molecule has 18 heavy (non-hydrogen) atoms. The molecule has 100 valence electrons. The molecule has 1 fully saturated rings. The molecule has 0 saturated carbocycles. The van der Waals surface area contributed by atoms with Crippen LogP contribution in [-0.4, -0.2) is 23.1 Å². The number of anilines is 2. The minimum absolute atomic E-state index is 0.638. The van der Waals surface area contributed by atoms with Gasteiger partial charge in [-0.05, 0) is 19.8 Å². The minimum Gasteiger partial charge on any atom is -0.383 e. The quantitative estimate of drug-likeness (QED) is 0.874. The van der Waals surface area contributed by atoms with Crippen LogP contribution in [-0.2, 0) is 6.42 Å². The van der Waals surface area contributed by atoms with Gasteiger partial charge in [-0.3, -0.25) is 0 Å². The van der Waals surface area contributed by atoms with Crippen molar-refractivity contribution in [3.8, 4) is 0 Å². The Morgan fingerprint density at radius 1 is 1.06 bits per heavy atom. The number of nitrogen functional groups attached to an aromatic ring is 1. The SMILES string of the molecule is CCc1nc(N)c(C)c(N2CCCCCCC2)n1. The van der Waals surface area contributed by atoms with Crippen LogP contribution >= 0.6 is 0 Å². The van der Waals surface area contributed by atoms with E-state index in [9.17, 15) is 0 Å². The van der Waals surface area contributed by atoms with Crippen molar-refractivity contribution in [2.24, 2.45) is 0 Å². The van der Waals surface area contributed by atoms with E-state index in [1.165, 1.54) is 32.1 Å². The smallest absolute Gasteiger partial charge is 0.137 e. The normalized spacial score (nSPS) is 17.3. The van der Waals surface area contributed by atoms with Crippen molar-refractivity contribution in [1.29, 1.82) is 0 Å². The number of aryl methyl sites for hydroxylation is 1. The fourth-order valence-corrected chi connectivity index (χ4v) is 2.49. The molecule has 4 heteroatoms. The van der Waals surface area contributed by atoms with Gasteiger partial charge >= 0.3 is 0 Å². The van der Waals surface area contributed by atoms with E-state index in [1.54, 1.807) is 0 Å². The third-order valence-electron chi connectivity index (χ3n) is 3.68. The van der Waals surface area contributed by atoms with Gasteiger partial charge in [0.1, 0.15) is 17.5 Å². The van der Waals surface area contributed by atoms with Crippen molar-refractivity contribution in [2.75, 3.05) is 23.7 Å². The average Bonchev–Trinajstić information content (AvgIpc) is 2.33. The molecule has 2 heterocycles. The third-order valence-corrected chi connectivity index (χ3v) is 3.68. The molecule has 0 radical (unpaired) electrons. The Bertz CT molecular complexity index is 395. The highest BCUT2D eigenvalue weighted by molar-refractivity contribution is 5.56. The van der Waals surface area contributed by atoms with Crippen LogP contribution in [0, 0.1) is 6.92 Å². The molecule has 0 aliphatic carbocycles. The van der Waals surface area contributed by atoms with Crippen molar-refractivity contribution in [1.82, 2.24) is 9.97 Å². The second-order valence-electron chi connectivity index (χ2n) is 5.08. The first-order valence-electron chi connectivity index (χ1n) is 7.10. The molecule has 2 N–H and O–H groups in total. The van der Waals surface area contributed by atoms with Gasteiger partial charge < -0.3 is 10.6 Å². The maximum absolute atomic E-state index is 6.00. The molecule has 1 aliphatic rings. The zero-order valence-corrected chi connectivity index (χ0v) is 11.6. The summed E-state index contributed by atoms with van der Waals surface area (Å²) < 4.78 is 0. The van der Waals surface area contributed by atoms with Crippen LogP contribution in [0.25, 0.3) is 0 Å². The minimum atomic E-state index is 0.638. The molecule has 0 amide bonds. The molecule has 2 rings (SSSR count). The lowest BCUT2D eigenvalue weighted by atomic mass is 10.1. The Morgan fingerprint density at radius 3 is 2.28 bits per heavy atom. The number of hydrogen-bond acceptors (Lipinski definition) is 4. The van der Waals surface area contributed by atoms with Crippen molar-refractivity contribution in [3.63, 3.8) is 0 Å². The number of rotatable bonds is 2. The van der Waals surface area contributed by atoms with Gasteiger partial charge in [-0.2, -0.15) is 0 Å². The molecular formula is C14H24N4. The number of hydrogen-bond donors (Lipinski definition) is 1. The largest absolute Gasteiger partial charge is 0.383 e. The molecule has 4 nitrogen and oxygen atoms in total. The van der Waals surface area contributed by atoms with E-state index in [4.69, 9.17) is 5.73 Å². The van der Waals surface area contributed by atoms with Gasteiger partial charge in [0.05, 0.1) is 0 Å². The molecular weight excluding hydrogens is 224 g/mol. The second kappa shape index (κ2) is 6.03. The predicted octanol–water partition coefficient (Wildman–Crippen LogP) is 2.70. The summed E-state index contributed by atoms with van der Waals surface area (Å²) in [5.74, 6) is 2.55. The van der Waals surface area contributed by atoms with Crippen LogP contribution in [0.5, 0.6) is 0 Å². The van der Waals surface area contributed by atoms with E-state index >= 15 is 0 Å². The Hall–Kier alpha value is -1.32. The number of aromatic nitrogens is 2. The van der Waals surface area contributed by atoms with Crippen molar-refractivity contribution in [2.45, 2.75) is 52.4 Å². The summed E-state index contributed by atoms with van der Waals surface area (Å²) in [5, 5.41) is 0. The molecule has 1 aliphatic heterocycles. The van der Waals surface area contributed by atoms with Gasteiger partial charge in [0, 0.05) is 25.1 Å². The summed E-state index contributed by atoms with van der Waals surface area (Å²) in [4.78, 5) is 11.4. The van der Waals surface area contributed by atoms with Gasteiger partial charge in [0.15, 0.2) is 0 Å². The number of nitrogens with two attached hydrogens (primary N) is 1. The monoisotopic (exact) mass is 248 g/mol.